The molecule has 6 heteroatoms. The van der Waals surface area contributed by atoms with Gasteiger partial charge in [0.15, 0.2) is 0 Å². The summed E-state index contributed by atoms with van der Waals surface area (Å²) in [5.41, 5.74) is 0. The number of aliphatic hydroxyl groups excluding tert-OH is 1. The number of amides is 1. The number of hydrogen-bond donors (Lipinski definition) is 2. The van der Waals surface area contributed by atoms with Gasteiger partial charge in [0.1, 0.15) is 0 Å². The van der Waals surface area contributed by atoms with E-state index in [4.69, 9.17) is 5.11 Å². The SMILES string of the molecule is CC(O)CCC(=O)NC(C)CC(F)(F)F. The van der Waals surface area contributed by atoms with E-state index >= 15 is 0 Å². The molecule has 0 aromatic carbocycles. The molecule has 0 heterocycles. The maximum atomic E-state index is 11.9. The smallest absolute Gasteiger partial charge is 0.391 e. The summed E-state index contributed by atoms with van der Waals surface area (Å²) in [6.07, 6.45) is -5.62. The van der Waals surface area contributed by atoms with Crippen LogP contribution in [0.4, 0.5) is 13.2 Å². The van der Waals surface area contributed by atoms with Crippen molar-refractivity contribution in [2.75, 3.05) is 0 Å². The highest BCUT2D eigenvalue weighted by Gasteiger charge is 2.30. The van der Waals surface area contributed by atoms with Crippen molar-refractivity contribution < 1.29 is 23.1 Å². The van der Waals surface area contributed by atoms with E-state index in [-0.39, 0.29) is 12.8 Å². The topological polar surface area (TPSA) is 49.3 Å². The monoisotopic (exact) mass is 227 g/mol. The van der Waals surface area contributed by atoms with E-state index in [1.165, 1.54) is 13.8 Å². The second-order valence-electron chi connectivity index (χ2n) is 3.68. The van der Waals surface area contributed by atoms with Crippen LogP contribution in [-0.4, -0.2) is 29.3 Å². The highest BCUT2D eigenvalue weighted by molar-refractivity contribution is 5.76. The van der Waals surface area contributed by atoms with Crippen molar-refractivity contribution in [3.05, 3.63) is 0 Å². The third-order valence-electron chi connectivity index (χ3n) is 1.73. The van der Waals surface area contributed by atoms with Crippen molar-refractivity contribution in [2.24, 2.45) is 0 Å². The zero-order chi connectivity index (χ0) is 12.1. The number of aliphatic hydroxyl groups is 1. The second-order valence-corrected chi connectivity index (χ2v) is 3.68. The largest absolute Gasteiger partial charge is 0.393 e. The Bertz CT molecular complexity index is 204. The van der Waals surface area contributed by atoms with Crippen LogP contribution >= 0.6 is 0 Å². The first-order valence-electron chi connectivity index (χ1n) is 4.75. The number of halogens is 3. The Kier molecular flexibility index (Phi) is 5.64. The molecule has 0 aromatic rings. The molecule has 0 fully saturated rings. The standard InChI is InChI=1S/C9H16F3NO2/c1-6(5-9(10,11)12)13-8(15)4-3-7(2)14/h6-7,14H,3-5H2,1-2H3,(H,13,15). The highest BCUT2D eigenvalue weighted by atomic mass is 19.4. The molecule has 90 valence electrons. The lowest BCUT2D eigenvalue weighted by atomic mass is 10.2. The Balaban J connectivity index is 3.77. The van der Waals surface area contributed by atoms with Crippen LogP contribution in [0.2, 0.25) is 0 Å². The maximum absolute atomic E-state index is 11.9. The van der Waals surface area contributed by atoms with Crippen LogP contribution in [0.25, 0.3) is 0 Å². The van der Waals surface area contributed by atoms with E-state index in [1.54, 1.807) is 0 Å². The van der Waals surface area contributed by atoms with Crippen molar-refractivity contribution in [3.8, 4) is 0 Å². The molecule has 0 aromatic heterocycles. The molecule has 0 aliphatic heterocycles. The summed E-state index contributed by atoms with van der Waals surface area (Å²) in [5.74, 6) is -0.465. The molecule has 2 atom stereocenters. The van der Waals surface area contributed by atoms with Crippen LogP contribution in [0.15, 0.2) is 0 Å². The summed E-state index contributed by atoms with van der Waals surface area (Å²) >= 11 is 0. The minimum absolute atomic E-state index is 0.0415. The molecule has 3 nitrogen and oxygen atoms in total. The summed E-state index contributed by atoms with van der Waals surface area (Å²) < 4.78 is 35.6. The van der Waals surface area contributed by atoms with E-state index in [0.717, 1.165) is 0 Å². The summed E-state index contributed by atoms with van der Waals surface area (Å²) in [7, 11) is 0. The van der Waals surface area contributed by atoms with Crippen molar-refractivity contribution in [2.45, 2.75) is 51.4 Å². The van der Waals surface area contributed by atoms with E-state index in [0.29, 0.717) is 0 Å². The molecule has 2 N–H and O–H groups in total. The Morgan fingerprint density at radius 1 is 1.40 bits per heavy atom. The van der Waals surface area contributed by atoms with E-state index in [2.05, 4.69) is 5.32 Å². The third-order valence-corrected chi connectivity index (χ3v) is 1.73. The van der Waals surface area contributed by atoms with E-state index < -0.39 is 30.7 Å². The molecule has 0 bridgehead atoms. The van der Waals surface area contributed by atoms with Gasteiger partial charge in [-0.15, -0.1) is 0 Å². The Morgan fingerprint density at radius 2 is 1.93 bits per heavy atom. The third kappa shape index (κ3) is 9.52. The van der Waals surface area contributed by atoms with Crippen molar-refractivity contribution in [1.29, 1.82) is 0 Å². The minimum Gasteiger partial charge on any atom is -0.393 e. The molecule has 15 heavy (non-hydrogen) atoms. The molecule has 0 aliphatic rings. The average molecular weight is 227 g/mol. The normalized spacial score (nSPS) is 15.9. The molecule has 2 unspecified atom stereocenters. The van der Waals surface area contributed by atoms with Gasteiger partial charge in [-0.3, -0.25) is 4.79 Å². The number of rotatable bonds is 5. The zero-order valence-corrected chi connectivity index (χ0v) is 8.77. The highest BCUT2D eigenvalue weighted by Crippen LogP contribution is 2.21. The van der Waals surface area contributed by atoms with Crippen LogP contribution in [0.5, 0.6) is 0 Å². The number of carbonyl (C=O) groups is 1. The van der Waals surface area contributed by atoms with Crippen molar-refractivity contribution in [1.82, 2.24) is 5.32 Å². The molecule has 0 saturated carbocycles. The van der Waals surface area contributed by atoms with Crippen LogP contribution in [0.1, 0.15) is 33.1 Å². The fraction of sp³-hybridized carbons (Fsp3) is 0.889. The van der Waals surface area contributed by atoms with Crippen LogP contribution < -0.4 is 5.32 Å². The van der Waals surface area contributed by atoms with Gasteiger partial charge in [0.05, 0.1) is 12.5 Å². The lowest BCUT2D eigenvalue weighted by molar-refractivity contribution is -0.141. The molecule has 0 spiro atoms. The summed E-state index contributed by atoms with van der Waals surface area (Å²) in [4.78, 5) is 11.1. The molecular weight excluding hydrogens is 211 g/mol. The average Bonchev–Trinajstić information content (AvgIpc) is 1.96. The van der Waals surface area contributed by atoms with Crippen molar-refractivity contribution >= 4 is 5.91 Å². The van der Waals surface area contributed by atoms with Gasteiger partial charge in [-0.2, -0.15) is 13.2 Å². The molecule has 0 rings (SSSR count). The van der Waals surface area contributed by atoms with E-state index in [1.807, 2.05) is 0 Å². The van der Waals surface area contributed by atoms with Gasteiger partial charge in [0.2, 0.25) is 5.91 Å². The van der Waals surface area contributed by atoms with Gasteiger partial charge in [-0.1, -0.05) is 0 Å². The first-order chi connectivity index (χ1) is 6.70. The fourth-order valence-corrected chi connectivity index (χ4v) is 1.09. The van der Waals surface area contributed by atoms with Gasteiger partial charge in [0.25, 0.3) is 0 Å². The lowest BCUT2D eigenvalue weighted by Crippen LogP contribution is -2.36. The number of alkyl halides is 3. The van der Waals surface area contributed by atoms with E-state index in [9.17, 15) is 18.0 Å². The molecule has 0 aliphatic carbocycles. The quantitative estimate of drug-likeness (QED) is 0.749. The van der Waals surface area contributed by atoms with Gasteiger partial charge in [0, 0.05) is 12.5 Å². The predicted octanol–water partition coefficient (Wildman–Crippen LogP) is 1.60. The molecule has 0 saturated heterocycles. The lowest BCUT2D eigenvalue weighted by Gasteiger charge is -2.15. The molecule has 1 amide bonds. The van der Waals surface area contributed by atoms with Gasteiger partial charge in [-0.25, -0.2) is 0 Å². The number of nitrogens with one attached hydrogen (secondary N) is 1. The first kappa shape index (κ1) is 14.2. The predicted molar refractivity (Wildman–Crippen MR) is 49.2 cm³/mol. The number of carbonyl (C=O) groups excluding carboxylic acids is 1. The maximum Gasteiger partial charge on any atom is 0.391 e. The number of hydrogen-bond acceptors (Lipinski definition) is 2. The Morgan fingerprint density at radius 3 is 2.33 bits per heavy atom. The summed E-state index contributed by atoms with van der Waals surface area (Å²) in [5, 5.41) is 11.1. The van der Waals surface area contributed by atoms with Gasteiger partial charge in [-0.05, 0) is 20.3 Å². The first-order valence-corrected chi connectivity index (χ1v) is 4.75. The zero-order valence-electron chi connectivity index (χ0n) is 8.77. The van der Waals surface area contributed by atoms with Crippen LogP contribution in [0.3, 0.4) is 0 Å². The second kappa shape index (κ2) is 5.95. The molecule has 0 radical (unpaired) electrons. The summed E-state index contributed by atoms with van der Waals surface area (Å²) in [6.45, 7) is 2.82. The minimum atomic E-state index is -4.27. The van der Waals surface area contributed by atoms with Crippen LogP contribution in [-0.2, 0) is 4.79 Å². The van der Waals surface area contributed by atoms with Gasteiger partial charge < -0.3 is 10.4 Å². The Hall–Kier alpha value is -0.780. The molecular formula is C9H16F3NO2. The van der Waals surface area contributed by atoms with Gasteiger partial charge >= 0.3 is 6.18 Å². The van der Waals surface area contributed by atoms with Crippen LogP contribution in [0, 0.1) is 0 Å². The fourth-order valence-electron chi connectivity index (χ4n) is 1.09. The van der Waals surface area contributed by atoms with Crippen molar-refractivity contribution in [3.63, 3.8) is 0 Å². The summed E-state index contributed by atoms with van der Waals surface area (Å²) in [6, 6.07) is -0.925. The Labute approximate surface area is 86.7 Å².